The molecule has 0 aliphatic rings. The number of aromatic nitrogens is 3. The topological polar surface area (TPSA) is 50.9 Å². The third-order valence-corrected chi connectivity index (χ3v) is 11.5. The summed E-state index contributed by atoms with van der Waals surface area (Å²) in [5.41, 5.74) is 14.8. The molecule has 0 fully saturated rings. The fraction of sp³-hybridized carbons (Fsp3) is 0.158. The van der Waals surface area contributed by atoms with E-state index in [1.807, 2.05) is 54.6 Å². The van der Waals surface area contributed by atoms with Crippen LogP contribution in [0.4, 0.5) is 0 Å². The minimum atomic E-state index is -2.18. The quantitative estimate of drug-likeness (QED) is 0.162. The third kappa shape index (κ3) is 8.33. The molecular weight excluding hydrogens is 938 g/mol. The standard InChI is InChI=1S/C57H50N3O.Pt/c1-37-21-23-39(24-22-37)41-29-30-58-50(34-41)44-32-42(38-15-10-8-11-16-38)31-43(33-44)47-19-14-20-52-54(47)59-55(49-36-46(57(5,6)7)26-28-53(49)61)60(52)51-27-25-45(56(2,3)4)35-48(51)40-17-12-9-13-18-40;/h8-32,34-36,61H,1-7H3;/q-1;/i1D3;. The van der Waals surface area contributed by atoms with E-state index in [1.54, 1.807) is 24.4 Å². The summed E-state index contributed by atoms with van der Waals surface area (Å²) in [5.74, 6) is 0.780. The second kappa shape index (κ2) is 16.8. The van der Waals surface area contributed by atoms with E-state index in [9.17, 15) is 5.11 Å². The molecule has 0 unspecified atom stereocenters. The van der Waals surface area contributed by atoms with Crippen molar-refractivity contribution in [1.29, 1.82) is 0 Å². The van der Waals surface area contributed by atoms with Crippen molar-refractivity contribution in [2.24, 2.45) is 0 Å². The number of phenols is 1. The van der Waals surface area contributed by atoms with Crippen molar-refractivity contribution < 1.29 is 30.3 Å². The van der Waals surface area contributed by atoms with Crippen LogP contribution >= 0.6 is 0 Å². The van der Waals surface area contributed by atoms with Gasteiger partial charge in [-0.3, -0.25) is 9.55 Å². The van der Waals surface area contributed by atoms with Crippen LogP contribution in [0.25, 0.3) is 83.9 Å². The minimum absolute atomic E-state index is 0. The summed E-state index contributed by atoms with van der Waals surface area (Å²) in [7, 11) is 0. The van der Waals surface area contributed by atoms with Crippen LogP contribution in [0, 0.1) is 12.9 Å². The largest absolute Gasteiger partial charge is 0.507 e. The van der Waals surface area contributed by atoms with E-state index in [0.717, 1.165) is 78.0 Å². The van der Waals surface area contributed by atoms with Crippen molar-refractivity contribution in [3.63, 3.8) is 0 Å². The molecule has 2 heterocycles. The normalized spacial score (nSPS) is 12.6. The predicted octanol–water partition coefficient (Wildman–Crippen LogP) is 14.8. The summed E-state index contributed by atoms with van der Waals surface area (Å²) < 4.78 is 25.7. The Morgan fingerprint density at radius 2 is 1.18 bits per heavy atom. The molecule has 0 aliphatic carbocycles. The number of hydrogen-bond acceptors (Lipinski definition) is 3. The van der Waals surface area contributed by atoms with Crippen molar-refractivity contribution in [2.75, 3.05) is 0 Å². The van der Waals surface area contributed by atoms with Gasteiger partial charge in [0.05, 0.1) is 22.3 Å². The molecule has 7 aromatic carbocycles. The summed E-state index contributed by atoms with van der Waals surface area (Å²) in [5, 5.41) is 11.8. The molecule has 0 radical (unpaired) electrons. The van der Waals surface area contributed by atoms with Crippen LogP contribution in [0.3, 0.4) is 0 Å². The van der Waals surface area contributed by atoms with Crippen molar-refractivity contribution in [1.82, 2.24) is 14.5 Å². The van der Waals surface area contributed by atoms with Gasteiger partial charge in [-0.15, -0.1) is 23.8 Å². The van der Waals surface area contributed by atoms with Gasteiger partial charge in [-0.2, -0.15) is 0 Å². The van der Waals surface area contributed by atoms with Gasteiger partial charge in [0.25, 0.3) is 0 Å². The molecule has 9 aromatic rings. The Hall–Kier alpha value is -6.35. The molecule has 0 amide bonds. The summed E-state index contributed by atoms with van der Waals surface area (Å²) in [4.78, 5) is 10.4. The van der Waals surface area contributed by atoms with Crippen LogP contribution in [-0.2, 0) is 31.9 Å². The van der Waals surface area contributed by atoms with E-state index in [0.29, 0.717) is 17.0 Å². The Morgan fingerprint density at radius 3 is 1.85 bits per heavy atom. The van der Waals surface area contributed by atoms with Crippen molar-refractivity contribution in [2.45, 2.75) is 59.2 Å². The zero-order valence-electron chi connectivity index (χ0n) is 38.8. The molecule has 0 bridgehead atoms. The molecule has 0 saturated heterocycles. The van der Waals surface area contributed by atoms with Gasteiger partial charge in [0.15, 0.2) is 0 Å². The minimum Gasteiger partial charge on any atom is -0.507 e. The average Bonchev–Trinajstić information content (AvgIpc) is 3.68. The van der Waals surface area contributed by atoms with E-state index in [2.05, 4.69) is 143 Å². The molecule has 0 atom stereocenters. The number of aromatic hydroxyl groups is 1. The van der Waals surface area contributed by atoms with E-state index >= 15 is 0 Å². The van der Waals surface area contributed by atoms with Gasteiger partial charge in [-0.05, 0) is 87.5 Å². The molecule has 62 heavy (non-hydrogen) atoms. The van der Waals surface area contributed by atoms with E-state index in [4.69, 9.17) is 14.1 Å². The van der Waals surface area contributed by atoms with Crippen molar-refractivity contribution in [3.05, 3.63) is 193 Å². The van der Waals surface area contributed by atoms with Crippen LogP contribution in [-0.4, -0.2) is 19.6 Å². The van der Waals surface area contributed by atoms with Crippen molar-refractivity contribution >= 4 is 11.0 Å². The van der Waals surface area contributed by atoms with Gasteiger partial charge in [-0.25, -0.2) is 4.98 Å². The third-order valence-electron chi connectivity index (χ3n) is 11.5. The van der Waals surface area contributed by atoms with E-state index in [-0.39, 0.29) is 37.6 Å². The maximum atomic E-state index is 11.8. The Kier molecular flexibility index (Phi) is 10.5. The Labute approximate surface area is 384 Å². The van der Waals surface area contributed by atoms with Gasteiger partial charge >= 0.3 is 0 Å². The fourth-order valence-corrected chi connectivity index (χ4v) is 8.04. The molecule has 310 valence electrons. The van der Waals surface area contributed by atoms with Crippen molar-refractivity contribution in [3.8, 4) is 78.6 Å². The zero-order chi connectivity index (χ0) is 45.0. The summed E-state index contributed by atoms with van der Waals surface area (Å²) in [6.07, 6.45) is 1.78. The number of para-hydroxylation sites is 1. The van der Waals surface area contributed by atoms with Crippen LogP contribution in [0.15, 0.2) is 170 Å². The zero-order valence-corrected chi connectivity index (χ0v) is 38.0. The van der Waals surface area contributed by atoms with Crippen LogP contribution < -0.4 is 0 Å². The smallest absolute Gasteiger partial charge is 0.148 e. The van der Waals surface area contributed by atoms with Gasteiger partial charge in [0, 0.05) is 42.6 Å². The number of pyridine rings is 1. The van der Waals surface area contributed by atoms with Crippen LogP contribution in [0.2, 0.25) is 0 Å². The first-order chi connectivity index (χ1) is 30.5. The molecule has 4 nitrogen and oxygen atoms in total. The Balaban J connectivity index is 0.00000576. The molecule has 0 aliphatic heterocycles. The number of aryl methyl sites for hydroxylation is 1. The first-order valence-electron chi connectivity index (χ1n) is 22.3. The second-order valence-corrected chi connectivity index (χ2v) is 17.8. The van der Waals surface area contributed by atoms with E-state index < -0.39 is 6.85 Å². The molecular formula is C57H50N3OPt-. The number of fused-ring (bicyclic) bond motifs is 1. The van der Waals surface area contributed by atoms with Gasteiger partial charge in [0.2, 0.25) is 0 Å². The maximum Gasteiger partial charge on any atom is 0.148 e. The number of hydrogen-bond donors (Lipinski definition) is 1. The molecule has 5 heteroatoms. The number of nitrogens with zero attached hydrogens (tertiary/aromatic N) is 3. The van der Waals surface area contributed by atoms with Crippen LogP contribution in [0.1, 0.15) is 62.3 Å². The fourth-order valence-electron chi connectivity index (χ4n) is 8.04. The summed E-state index contributed by atoms with van der Waals surface area (Å²) >= 11 is 0. The SMILES string of the molecule is [2H]C([2H])([2H])c1ccc(-c2ccnc(-c3[c-]c(-c4cccc5c4nc(-c4cc(C(C)(C)C)ccc4O)n5-c4ccc(C(C)(C)C)cc4-c4ccccc4)cc(-c4ccccc4)c3)c2)cc1.[Pt]. The van der Waals surface area contributed by atoms with Gasteiger partial charge < -0.3 is 5.11 Å². The number of benzene rings is 7. The molecule has 9 rings (SSSR count). The molecule has 0 spiro atoms. The molecule has 1 N–H and O–H groups in total. The Morgan fingerprint density at radius 1 is 0.548 bits per heavy atom. The summed E-state index contributed by atoms with van der Waals surface area (Å²) in [6.45, 7) is 11.1. The first kappa shape index (κ1) is 38.6. The molecule has 0 saturated carbocycles. The molecule has 2 aromatic heterocycles. The second-order valence-electron chi connectivity index (χ2n) is 17.8. The Bertz CT molecular complexity index is 3160. The monoisotopic (exact) mass is 990 g/mol. The maximum absolute atomic E-state index is 11.8. The number of rotatable bonds is 7. The summed E-state index contributed by atoms with van der Waals surface area (Å²) in [6, 6.07) is 58.6. The predicted molar refractivity (Wildman–Crippen MR) is 254 cm³/mol. The van der Waals surface area contributed by atoms with Gasteiger partial charge in [0.1, 0.15) is 11.6 Å². The van der Waals surface area contributed by atoms with Crippen LogP contribution in [0.5, 0.6) is 5.75 Å². The first-order valence-corrected chi connectivity index (χ1v) is 20.8. The van der Waals surface area contributed by atoms with E-state index in [1.165, 1.54) is 5.56 Å². The van der Waals surface area contributed by atoms with Gasteiger partial charge in [-0.1, -0.05) is 179 Å². The number of imidazole rings is 1. The number of phenolic OH excluding ortho intramolecular Hbond substituents is 1. The average molecular weight is 991 g/mol.